The molecular weight excluding hydrogens is 240 g/mol. The number of hydrogen-bond acceptors (Lipinski definition) is 5. The van der Waals surface area contributed by atoms with E-state index in [2.05, 4.69) is 20.6 Å². The van der Waals surface area contributed by atoms with Gasteiger partial charge in [-0.1, -0.05) is 19.3 Å². The van der Waals surface area contributed by atoms with Crippen LogP contribution < -0.4 is 10.6 Å². The summed E-state index contributed by atoms with van der Waals surface area (Å²) in [6.07, 6.45) is 6.46. The molecule has 5 nitrogen and oxygen atoms in total. The number of hydrogen-bond donors (Lipinski definition) is 2. The summed E-state index contributed by atoms with van der Waals surface area (Å²) in [4.78, 5) is 8.92. The molecule has 0 aliphatic heterocycles. The summed E-state index contributed by atoms with van der Waals surface area (Å²) >= 11 is 0. The zero-order valence-electron chi connectivity index (χ0n) is 11.9. The molecule has 1 heterocycles. The molecule has 1 aliphatic rings. The zero-order valence-corrected chi connectivity index (χ0v) is 11.9. The third-order valence-corrected chi connectivity index (χ3v) is 3.42. The fourth-order valence-corrected chi connectivity index (χ4v) is 2.41. The van der Waals surface area contributed by atoms with E-state index in [4.69, 9.17) is 4.74 Å². The minimum Gasteiger partial charge on any atom is -0.374 e. The molecule has 1 aromatic heterocycles. The highest BCUT2D eigenvalue weighted by Gasteiger charge is 2.14. The maximum absolute atomic E-state index is 5.38. The summed E-state index contributed by atoms with van der Waals surface area (Å²) in [5, 5.41) is 6.60. The fraction of sp³-hybridized carbons (Fsp3) is 0.714. The summed E-state index contributed by atoms with van der Waals surface area (Å²) in [5.74, 6) is 2.47. The molecule has 0 unspecified atom stereocenters. The highest BCUT2D eigenvalue weighted by Crippen LogP contribution is 2.21. The van der Waals surface area contributed by atoms with Crippen LogP contribution in [-0.4, -0.2) is 29.7 Å². The topological polar surface area (TPSA) is 59.1 Å². The summed E-state index contributed by atoms with van der Waals surface area (Å²) in [5.41, 5.74) is 0. The molecule has 2 N–H and O–H groups in total. The van der Waals surface area contributed by atoms with Crippen LogP contribution >= 0.6 is 0 Å². The van der Waals surface area contributed by atoms with Gasteiger partial charge >= 0.3 is 0 Å². The second-order valence-corrected chi connectivity index (χ2v) is 4.92. The largest absolute Gasteiger partial charge is 0.374 e. The lowest BCUT2D eigenvalue weighted by Gasteiger charge is -2.23. The molecule has 1 saturated carbocycles. The van der Waals surface area contributed by atoms with Crippen molar-refractivity contribution in [3.63, 3.8) is 0 Å². The molecule has 1 aromatic rings. The average molecular weight is 264 g/mol. The minimum atomic E-state index is 0.464. The summed E-state index contributed by atoms with van der Waals surface area (Å²) < 4.78 is 5.38. The molecule has 1 aliphatic carbocycles. The second-order valence-electron chi connectivity index (χ2n) is 4.92. The third kappa shape index (κ3) is 4.35. The highest BCUT2D eigenvalue weighted by atomic mass is 16.5. The monoisotopic (exact) mass is 264 g/mol. The Bertz CT molecular complexity index is 391. The van der Waals surface area contributed by atoms with E-state index >= 15 is 0 Å². The first kappa shape index (κ1) is 14.1. The standard InChI is InChI=1S/C14H24N4O/c1-3-19-10-14-17-12(15-2)9-13(18-14)16-11-7-5-4-6-8-11/h9,11H,3-8,10H2,1-2H3,(H2,15,16,17,18). The average Bonchev–Trinajstić information content (AvgIpc) is 2.46. The Morgan fingerprint density at radius 2 is 1.95 bits per heavy atom. The van der Waals surface area contributed by atoms with E-state index in [-0.39, 0.29) is 0 Å². The van der Waals surface area contributed by atoms with Gasteiger partial charge in [0.25, 0.3) is 0 Å². The molecular formula is C14H24N4O. The molecule has 0 bridgehead atoms. The predicted octanol–water partition coefficient (Wildman–Crippen LogP) is 2.80. The van der Waals surface area contributed by atoms with Crippen molar-refractivity contribution in [1.29, 1.82) is 0 Å². The molecule has 19 heavy (non-hydrogen) atoms. The molecule has 5 heteroatoms. The molecule has 0 aromatic carbocycles. The number of nitrogens with zero attached hydrogens (tertiary/aromatic N) is 2. The Hall–Kier alpha value is -1.36. The summed E-state index contributed by atoms with van der Waals surface area (Å²) in [6, 6.07) is 2.51. The van der Waals surface area contributed by atoms with Gasteiger partial charge in [0.2, 0.25) is 0 Å². The van der Waals surface area contributed by atoms with Crippen LogP contribution in [0.2, 0.25) is 0 Å². The first-order valence-electron chi connectivity index (χ1n) is 7.21. The molecule has 1 fully saturated rings. The molecule has 0 radical (unpaired) electrons. The Labute approximate surface area is 115 Å². The first-order valence-corrected chi connectivity index (χ1v) is 7.21. The van der Waals surface area contributed by atoms with Crippen molar-refractivity contribution in [1.82, 2.24) is 9.97 Å². The van der Waals surface area contributed by atoms with Gasteiger partial charge in [-0.3, -0.25) is 0 Å². The number of nitrogens with one attached hydrogen (secondary N) is 2. The third-order valence-electron chi connectivity index (χ3n) is 3.42. The van der Waals surface area contributed by atoms with Crippen molar-refractivity contribution in [2.45, 2.75) is 51.7 Å². The molecule has 0 saturated heterocycles. The van der Waals surface area contributed by atoms with Gasteiger partial charge in [0, 0.05) is 25.8 Å². The maximum atomic E-state index is 5.38. The molecule has 0 spiro atoms. The lowest BCUT2D eigenvalue weighted by atomic mass is 9.95. The number of rotatable bonds is 6. The van der Waals surface area contributed by atoms with Crippen molar-refractivity contribution in [3.8, 4) is 0 Å². The fourth-order valence-electron chi connectivity index (χ4n) is 2.41. The normalized spacial score (nSPS) is 16.3. The quantitative estimate of drug-likeness (QED) is 0.827. The van der Waals surface area contributed by atoms with Crippen molar-refractivity contribution < 1.29 is 4.74 Å². The van der Waals surface area contributed by atoms with E-state index in [0.29, 0.717) is 19.3 Å². The van der Waals surface area contributed by atoms with Gasteiger partial charge in [0.15, 0.2) is 5.82 Å². The SMILES string of the molecule is CCOCc1nc(NC)cc(NC2CCCCC2)n1. The van der Waals surface area contributed by atoms with E-state index < -0.39 is 0 Å². The minimum absolute atomic E-state index is 0.464. The lowest BCUT2D eigenvalue weighted by Crippen LogP contribution is -2.23. The maximum Gasteiger partial charge on any atom is 0.158 e. The van der Waals surface area contributed by atoms with Crippen LogP contribution in [0.25, 0.3) is 0 Å². The van der Waals surface area contributed by atoms with Gasteiger partial charge in [0.1, 0.15) is 18.2 Å². The predicted molar refractivity (Wildman–Crippen MR) is 77.4 cm³/mol. The van der Waals surface area contributed by atoms with Crippen molar-refractivity contribution in [2.75, 3.05) is 24.3 Å². The molecule has 0 atom stereocenters. The highest BCUT2D eigenvalue weighted by molar-refractivity contribution is 5.47. The van der Waals surface area contributed by atoms with Gasteiger partial charge < -0.3 is 15.4 Å². The lowest BCUT2D eigenvalue weighted by molar-refractivity contribution is 0.128. The van der Waals surface area contributed by atoms with E-state index in [0.717, 1.165) is 17.5 Å². The van der Waals surface area contributed by atoms with Gasteiger partial charge in [0.05, 0.1) is 0 Å². The van der Waals surface area contributed by atoms with E-state index in [1.807, 2.05) is 20.0 Å². The number of anilines is 2. The first-order chi connectivity index (χ1) is 9.31. The van der Waals surface area contributed by atoms with Crippen molar-refractivity contribution in [2.24, 2.45) is 0 Å². The van der Waals surface area contributed by atoms with Gasteiger partial charge in [-0.2, -0.15) is 0 Å². The van der Waals surface area contributed by atoms with Crippen LogP contribution in [0.5, 0.6) is 0 Å². The summed E-state index contributed by atoms with van der Waals surface area (Å²) in [6.45, 7) is 3.12. The Morgan fingerprint density at radius 1 is 1.21 bits per heavy atom. The van der Waals surface area contributed by atoms with Crippen LogP contribution in [0.1, 0.15) is 44.9 Å². The van der Waals surface area contributed by atoms with Gasteiger partial charge in [-0.15, -0.1) is 0 Å². The van der Waals surface area contributed by atoms with Crippen molar-refractivity contribution in [3.05, 3.63) is 11.9 Å². The van der Waals surface area contributed by atoms with Gasteiger partial charge in [-0.05, 0) is 19.8 Å². The Kier molecular flexibility index (Phi) is 5.39. The number of aromatic nitrogens is 2. The van der Waals surface area contributed by atoms with Crippen LogP contribution in [0.4, 0.5) is 11.6 Å². The van der Waals surface area contributed by atoms with Crippen LogP contribution in [-0.2, 0) is 11.3 Å². The van der Waals surface area contributed by atoms with E-state index in [1.54, 1.807) is 0 Å². The van der Waals surface area contributed by atoms with Crippen LogP contribution in [0, 0.1) is 0 Å². The second kappa shape index (κ2) is 7.28. The van der Waals surface area contributed by atoms with Gasteiger partial charge in [-0.25, -0.2) is 9.97 Å². The molecule has 2 rings (SSSR count). The molecule has 0 amide bonds. The smallest absolute Gasteiger partial charge is 0.158 e. The van der Waals surface area contributed by atoms with Crippen LogP contribution in [0.15, 0.2) is 6.07 Å². The Balaban J connectivity index is 2.04. The Morgan fingerprint density at radius 3 is 2.63 bits per heavy atom. The van der Waals surface area contributed by atoms with E-state index in [9.17, 15) is 0 Å². The van der Waals surface area contributed by atoms with Crippen LogP contribution in [0.3, 0.4) is 0 Å². The zero-order chi connectivity index (χ0) is 13.5. The van der Waals surface area contributed by atoms with E-state index in [1.165, 1.54) is 32.1 Å². The number of ether oxygens (including phenoxy) is 1. The molecule has 106 valence electrons. The summed E-state index contributed by atoms with van der Waals surface area (Å²) in [7, 11) is 1.87. The van der Waals surface area contributed by atoms with Crippen molar-refractivity contribution >= 4 is 11.6 Å².